The van der Waals surface area contributed by atoms with E-state index in [2.05, 4.69) is 68.4 Å². The highest BCUT2D eigenvalue weighted by Crippen LogP contribution is 2.30. The average molecular weight is 521 g/mol. The molecule has 4 unspecified atom stereocenters. The number of allylic oxidation sites excluding steroid dienone is 1. The molecule has 6 atom stereocenters. The Balaban J connectivity index is 4.01. The number of hydrogen-bond donors (Lipinski definition) is 1. The maximum Gasteiger partial charge on any atom is 0.0723 e. The van der Waals surface area contributed by atoms with Gasteiger partial charge in [-0.1, -0.05) is 163 Å². The third kappa shape index (κ3) is 21.2. The van der Waals surface area contributed by atoms with Gasteiger partial charge in [-0.15, -0.1) is 0 Å². The highest BCUT2D eigenvalue weighted by molar-refractivity contribution is 5.05. The molecule has 0 fully saturated rings. The molecular formula is C36H72O. The molecule has 222 valence electrons. The molecule has 1 heteroatoms. The first-order valence-electron chi connectivity index (χ1n) is 16.9. The molecule has 0 spiro atoms. The first kappa shape index (κ1) is 36.7. The van der Waals surface area contributed by atoms with Crippen LogP contribution in [0.25, 0.3) is 0 Å². The molecule has 0 aromatic carbocycles. The molecule has 1 N–H and O–H groups in total. The lowest BCUT2D eigenvalue weighted by Gasteiger charge is -2.26. The number of aliphatic hydroxyl groups excluding tert-OH is 1. The van der Waals surface area contributed by atoms with E-state index < -0.39 is 0 Å². The highest BCUT2D eigenvalue weighted by Gasteiger charge is 2.18. The third-order valence-electron chi connectivity index (χ3n) is 9.61. The Hall–Kier alpha value is -0.300. The molecule has 0 radical (unpaired) electrons. The van der Waals surface area contributed by atoms with Crippen LogP contribution in [0.3, 0.4) is 0 Å². The molecular weight excluding hydrogens is 448 g/mol. The van der Waals surface area contributed by atoms with Crippen LogP contribution in [0.2, 0.25) is 0 Å². The van der Waals surface area contributed by atoms with Gasteiger partial charge in [-0.3, -0.25) is 0 Å². The maximum absolute atomic E-state index is 10.5. The predicted octanol–water partition coefficient (Wildman–Crippen LogP) is 12.2. The Morgan fingerprint density at radius 1 is 0.514 bits per heavy atom. The quantitative estimate of drug-likeness (QED) is 0.0937. The fraction of sp³-hybridized carbons (Fsp3) is 0.944. The smallest absolute Gasteiger partial charge is 0.0723 e. The van der Waals surface area contributed by atoms with Gasteiger partial charge in [0.25, 0.3) is 0 Å². The molecule has 0 saturated carbocycles. The topological polar surface area (TPSA) is 20.2 Å². The van der Waals surface area contributed by atoms with Crippen LogP contribution in [-0.4, -0.2) is 11.2 Å². The fourth-order valence-corrected chi connectivity index (χ4v) is 5.57. The van der Waals surface area contributed by atoms with Crippen LogP contribution >= 0.6 is 0 Å². The summed E-state index contributed by atoms with van der Waals surface area (Å²) in [7, 11) is 0. The van der Waals surface area contributed by atoms with E-state index in [-0.39, 0.29) is 6.10 Å². The van der Waals surface area contributed by atoms with Crippen molar-refractivity contribution in [2.75, 3.05) is 0 Å². The van der Waals surface area contributed by atoms with Crippen LogP contribution in [0.5, 0.6) is 0 Å². The van der Waals surface area contributed by atoms with Crippen LogP contribution in [0.1, 0.15) is 178 Å². The molecule has 0 saturated heterocycles. The minimum Gasteiger partial charge on any atom is -0.389 e. The van der Waals surface area contributed by atoms with Gasteiger partial charge in [0.15, 0.2) is 0 Å². The standard InChI is InChI=1S/C36H72O/c1-10-11-12-13-14-15-16-17-18-19-20-21-36(37)28-35(9)34(8)27-26-33(7)32(6)25-24-31(5)30(4)23-22-29(2)3/h28-34,36-37H,10-27H2,1-9H3/b35-28+/t30?,31-,32?,33-,34?,36?/m0/s1. The summed E-state index contributed by atoms with van der Waals surface area (Å²) in [5, 5.41) is 10.5. The largest absolute Gasteiger partial charge is 0.389 e. The van der Waals surface area contributed by atoms with Crippen molar-refractivity contribution < 1.29 is 5.11 Å². The third-order valence-corrected chi connectivity index (χ3v) is 9.61. The maximum atomic E-state index is 10.5. The van der Waals surface area contributed by atoms with E-state index in [1.807, 2.05) is 0 Å². The minimum atomic E-state index is -0.253. The van der Waals surface area contributed by atoms with Crippen molar-refractivity contribution in [1.82, 2.24) is 0 Å². The van der Waals surface area contributed by atoms with Crippen LogP contribution in [0.4, 0.5) is 0 Å². The summed E-state index contributed by atoms with van der Waals surface area (Å²) in [5.41, 5.74) is 1.39. The molecule has 0 amide bonds. The normalized spacial score (nSPS) is 17.5. The van der Waals surface area contributed by atoms with Gasteiger partial charge in [0.05, 0.1) is 6.10 Å². The van der Waals surface area contributed by atoms with Crippen molar-refractivity contribution in [3.05, 3.63) is 11.6 Å². The van der Waals surface area contributed by atoms with Crippen LogP contribution in [0.15, 0.2) is 11.6 Å². The predicted molar refractivity (Wildman–Crippen MR) is 169 cm³/mol. The molecule has 0 aliphatic heterocycles. The second kappa shape index (κ2) is 23.6. The SMILES string of the molecule is CCCCCCCCCCCCCC(O)/C=C(\C)C(C)CC[C@H](C)C(C)CC[C@H](C)C(C)CCC(C)C. The van der Waals surface area contributed by atoms with Crippen molar-refractivity contribution in [2.45, 2.75) is 184 Å². The van der Waals surface area contributed by atoms with Gasteiger partial charge < -0.3 is 5.11 Å². The zero-order chi connectivity index (χ0) is 28.1. The monoisotopic (exact) mass is 521 g/mol. The summed E-state index contributed by atoms with van der Waals surface area (Å²) in [6, 6.07) is 0. The van der Waals surface area contributed by atoms with Gasteiger partial charge in [0.2, 0.25) is 0 Å². The van der Waals surface area contributed by atoms with E-state index in [4.69, 9.17) is 0 Å². The first-order chi connectivity index (χ1) is 17.6. The number of unbranched alkanes of at least 4 members (excludes halogenated alkanes) is 10. The number of aliphatic hydroxyl groups is 1. The van der Waals surface area contributed by atoms with E-state index >= 15 is 0 Å². The summed E-state index contributed by atoms with van der Waals surface area (Å²) in [6.07, 6.45) is 25.9. The lowest BCUT2D eigenvalue weighted by atomic mass is 9.80. The van der Waals surface area contributed by atoms with Crippen molar-refractivity contribution in [3.63, 3.8) is 0 Å². The van der Waals surface area contributed by atoms with E-state index in [0.29, 0.717) is 5.92 Å². The van der Waals surface area contributed by atoms with Gasteiger partial charge in [0.1, 0.15) is 0 Å². The fourth-order valence-electron chi connectivity index (χ4n) is 5.57. The lowest BCUT2D eigenvalue weighted by Crippen LogP contribution is -2.15. The molecule has 0 heterocycles. The molecule has 37 heavy (non-hydrogen) atoms. The molecule has 0 aliphatic rings. The van der Waals surface area contributed by atoms with Gasteiger partial charge in [-0.25, -0.2) is 0 Å². The molecule has 0 aliphatic carbocycles. The average Bonchev–Trinajstić information content (AvgIpc) is 2.86. The van der Waals surface area contributed by atoms with Gasteiger partial charge >= 0.3 is 0 Å². The van der Waals surface area contributed by atoms with Gasteiger partial charge in [-0.2, -0.15) is 0 Å². The number of rotatable bonds is 25. The second-order valence-electron chi connectivity index (χ2n) is 13.7. The van der Waals surface area contributed by atoms with E-state index in [1.165, 1.54) is 115 Å². The zero-order valence-corrected chi connectivity index (χ0v) is 27.3. The van der Waals surface area contributed by atoms with Crippen LogP contribution in [-0.2, 0) is 0 Å². The molecule has 0 bridgehead atoms. The molecule has 1 nitrogen and oxygen atoms in total. The van der Waals surface area contributed by atoms with E-state index in [9.17, 15) is 5.11 Å². The summed E-state index contributed by atoms with van der Waals surface area (Å²) in [5.74, 6) is 4.71. The molecule has 0 aromatic rings. The van der Waals surface area contributed by atoms with Crippen molar-refractivity contribution in [2.24, 2.45) is 35.5 Å². The summed E-state index contributed by atoms with van der Waals surface area (Å²) in [4.78, 5) is 0. The summed E-state index contributed by atoms with van der Waals surface area (Å²) in [6.45, 7) is 21.4. The Kier molecular flexibility index (Phi) is 23.4. The second-order valence-corrected chi connectivity index (χ2v) is 13.7. The Morgan fingerprint density at radius 2 is 0.892 bits per heavy atom. The van der Waals surface area contributed by atoms with Gasteiger partial charge in [0, 0.05) is 0 Å². The van der Waals surface area contributed by atoms with Crippen molar-refractivity contribution in [1.29, 1.82) is 0 Å². The van der Waals surface area contributed by atoms with Crippen LogP contribution < -0.4 is 0 Å². The first-order valence-corrected chi connectivity index (χ1v) is 16.9. The molecule has 0 aromatic heterocycles. The van der Waals surface area contributed by atoms with E-state index in [1.54, 1.807) is 0 Å². The Morgan fingerprint density at radius 3 is 1.32 bits per heavy atom. The Bertz CT molecular complexity index is 521. The zero-order valence-electron chi connectivity index (χ0n) is 27.3. The lowest BCUT2D eigenvalue weighted by molar-refractivity contribution is 0.206. The number of hydrogen-bond acceptors (Lipinski definition) is 1. The summed E-state index contributed by atoms with van der Waals surface area (Å²) < 4.78 is 0. The Labute approximate surface area is 236 Å². The van der Waals surface area contributed by atoms with Crippen LogP contribution in [0, 0.1) is 35.5 Å². The van der Waals surface area contributed by atoms with Crippen molar-refractivity contribution in [3.8, 4) is 0 Å². The highest BCUT2D eigenvalue weighted by atomic mass is 16.3. The van der Waals surface area contributed by atoms with E-state index in [0.717, 1.165) is 36.0 Å². The summed E-state index contributed by atoms with van der Waals surface area (Å²) >= 11 is 0. The molecule has 0 rings (SSSR count). The van der Waals surface area contributed by atoms with Gasteiger partial charge in [-0.05, 0) is 61.7 Å². The minimum absolute atomic E-state index is 0.253. The van der Waals surface area contributed by atoms with Crippen molar-refractivity contribution >= 4 is 0 Å².